The Morgan fingerprint density at radius 3 is 3.00 bits per heavy atom. The first-order chi connectivity index (χ1) is 9.60. The summed E-state index contributed by atoms with van der Waals surface area (Å²) >= 11 is 0. The van der Waals surface area contributed by atoms with Crippen LogP contribution in [0.1, 0.15) is 37.8 Å². The number of nitriles is 1. The molecular weight excluding hydrogens is 250 g/mol. The number of carbonyl (C=O) groups is 1. The zero-order valence-electron chi connectivity index (χ0n) is 12.1. The maximum Gasteiger partial charge on any atom is 0.240 e. The third-order valence-electron chi connectivity index (χ3n) is 3.49. The highest BCUT2D eigenvalue weighted by Crippen LogP contribution is 2.16. The predicted molar refractivity (Wildman–Crippen MR) is 77.9 cm³/mol. The number of hydrogen-bond donors (Lipinski definition) is 1. The number of piperidine rings is 1. The minimum atomic E-state index is -0.0668. The second kappa shape index (κ2) is 6.53. The lowest BCUT2D eigenvalue weighted by Gasteiger charge is -2.33. The molecule has 0 aromatic heterocycles. The van der Waals surface area contributed by atoms with Crippen LogP contribution in [0.3, 0.4) is 0 Å². The molecule has 1 aromatic rings. The van der Waals surface area contributed by atoms with Gasteiger partial charge in [-0.15, -0.1) is 0 Å². The van der Waals surface area contributed by atoms with E-state index in [1.807, 2.05) is 23.1 Å². The van der Waals surface area contributed by atoms with E-state index in [1.165, 1.54) is 0 Å². The van der Waals surface area contributed by atoms with E-state index in [9.17, 15) is 4.79 Å². The summed E-state index contributed by atoms with van der Waals surface area (Å²) in [6.07, 6.45) is 1.93. The smallest absolute Gasteiger partial charge is 0.240 e. The van der Waals surface area contributed by atoms with Gasteiger partial charge in [-0.1, -0.05) is 26.0 Å². The van der Waals surface area contributed by atoms with E-state index in [4.69, 9.17) is 5.26 Å². The third kappa shape index (κ3) is 3.58. The van der Waals surface area contributed by atoms with Crippen molar-refractivity contribution >= 4 is 5.91 Å². The summed E-state index contributed by atoms with van der Waals surface area (Å²) in [4.78, 5) is 14.3. The summed E-state index contributed by atoms with van der Waals surface area (Å²) < 4.78 is 0. The third-order valence-corrected chi connectivity index (χ3v) is 3.49. The van der Waals surface area contributed by atoms with Crippen molar-refractivity contribution in [2.45, 2.75) is 45.3 Å². The summed E-state index contributed by atoms with van der Waals surface area (Å²) in [5.41, 5.74) is 1.66. The average molecular weight is 271 g/mol. The molecule has 0 saturated carbocycles. The molecule has 0 radical (unpaired) electrons. The van der Waals surface area contributed by atoms with Crippen LogP contribution in [-0.2, 0) is 11.3 Å². The molecule has 1 amide bonds. The highest BCUT2D eigenvalue weighted by molar-refractivity contribution is 5.82. The van der Waals surface area contributed by atoms with Gasteiger partial charge in [-0.25, -0.2) is 0 Å². The highest BCUT2D eigenvalue weighted by atomic mass is 16.2. The molecule has 1 atom stereocenters. The van der Waals surface area contributed by atoms with Crippen molar-refractivity contribution in [3.05, 3.63) is 35.4 Å². The van der Waals surface area contributed by atoms with Crippen LogP contribution in [0.15, 0.2) is 24.3 Å². The largest absolute Gasteiger partial charge is 0.337 e. The van der Waals surface area contributed by atoms with E-state index in [1.54, 1.807) is 6.07 Å². The second-order valence-corrected chi connectivity index (χ2v) is 5.59. The molecule has 1 aromatic carbocycles. The summed E-state index contributed by atoms with van der Waals surface area (Å²) in [6, 6.07) is 9.85. The van der Waals surface area contributed by atoms with E-state index >= 15 is 0 Å². The maximum atomic E-state index is 12.4. The maximum absolute atomic E-state index is 12.4. The highest BCUT2D eigenvalue weighted by Gasteiger charge is 2.28. The van der Waals surface area contributed by atoms with Crippen molar-refractivity contribution in [2.24, 2.45) is 0 Å². The standard InChI is InChI=1S/C16H21N3O/c1-12(2)18-15-7-4-8-19(16(15)20)11-14-6-3-5-13(9-14)10-17/h3,5-6,9,12,15,18H,4,7-8,11H2,1-2H3. The molecule has 0 bridgehead atoms. The fraction of sp³-hybridized carbons (Fsp3) is 0.500. The van der Waals surface area contributed by atoms with Crippen molar-refractivity contribution in [2.75, 3.05) is 6.54 Å². The summed E-state index contributed by atoms with van der Waals surface area (Å²) in [7, 11) is 0. The van der Waals surface area contributed by atoms with Crippen LogP contribution in [-0.4, -0.2) is 29.4 Å². The monoisotopic (exact) mass is 271 g/mol. The van der Waals surface area contributed by atoms with Gasteiger partial charge in [0, 0.05) is 19.1 Å². The molecule has 106 valence electrons. The molecular formula is C16H21N3O. The van der Waals surface area contributed by atoms with Crippen molar-refractivity contribution in [1.29, 1.82) is 5.26 Å². The Bertz CT molecular complexity index is 519. The lowest BCUT2D eigenvalue weighted by molar-refractivity contribution is -0.136. The van der Waals surface area contributed by atoms with E-state index in [0.717, 1.165) is 24.9 Å². The first kappa shape index (κ1) is 14.5. The zero-order chi connectivity index (χ0) is 14.5. The number of hydrogen-bond acceptors (Lipinski definition) is 3. The Labute approximate surface area is 120 Å². The fourth-order valence-corrected chi connectivity index (χ4v) is 2.61. The van der Waals surface area contributed by atoms with Gasteiger partial charge < -0.3 is 10.2 Å². The van der Waals surface area contributed by atoms with E-state index in [0.29, 0.717) is 18.2 Å². The molecule has 0 aliphatic carbocycles. The average Bonchev–Trinajstić information content (AvgIpc) is 2.43. The molecule has 0 spiro atoms. The van der Waals surface area contributed by atoms with Gasteiger partial charge in [-0.05, 0) is 30.5 Å². The van der Waals surface area contributed by atoms with Crippen molar-refractivity contribution in [3.8, 4) is 6.07 Å². The van der Waals surface area contributed by atoms with Crippen LogP contribution >= 0.6 is 0 Å². The Morgan fingerprint density at radius 1 is 1.50 bits per heavy atom. The Balaban J connectivity index is 2.04. The first-order valence-electron chi connectivity index (χ1n) is 7.14. The van der Waals surface area contributed by atoms with Gasteiger partial charge in [0.2, 0.25) is 5.91 Å². The quantitative estimate of drug-likeness (QED) is 0.912. The molecule has 2 rings (SSSR count). The molecule has 1 unspecified atom stereocenters. The summed E-state index contributed by atoms with van der Waals surface area (Å²) in [5.74, 6) is 0.173. The van der Waals surface area contributed by atoms with Crippen LogP contribution in [0.25, 0.3) is 0 Å². The first-order valence-corrected chi connectivity index (χ1v) is 7.14. The minimum absolute atomic E-state index is 0.0668. The number of carbonyl (C=O) groups excluding carboxylic acids is 1. The Morgan fingerprint density at radius 2 is 2.30 bits per heavy atom. The molecule has 1 fully saturated rings. The number of likely N-dealkylation sites (tertiary alicyclic amines) is 1. The fourth-order valence-electron chi connectivity index (χ4n) is 2.61. The number of benzene rings is 1. The van der Waals surface area contributed by atoms with Gasteiger partial charge in [0.15, 0.2) is 0 Å². The molecule has 1 saturated heterocycles. The van der Waals surface area contributed by atoms with Gasteiger partial charge >= 0.3 is 0 Å². The van der Waals surface area contributed by atoms with E-state index in [2.05, 4.69) is 25.2 Å². The van der Waals surface area contributed by atoms with Crippen LogP contribution in [0.2, 0.25) is 0 Å². The molecule has 1 aliphatic heterocycles. The van der Waals surface area contributed by atoms with Crippen LogP contribution in [0.4, 0.5) is 0 Å². The van der Waals surface area contributed by atoms with Crippen LogP contribution in [0, 0.1) is 11.3 Å². The Kier molecular flexibility index (Phi) is 4.75. The molecule has 1 heterocycles. The molecule has 1 aliphatic rings. The van der Waals surface area contributed by atoms with Crippen LogP contribution in [0.5, 0.6) is 0 Å². The van der Waals surface area contributed by atoms with Crippen molar-refractivity contribution < 1.29 is 4.79 Å². The predicted octanol–water partition coefficient (Wildman–Crippen LogP) is 2.05. The zero-order valence-corrected chi connectivity index (χ0v) is 12.1. The van der Waals surface area contributed by atoms with Gasteiger partial charge in [-0.2, -0.15) is 5.26 Å². The molecule has 1 N–H and O–H groups in total. The molecule has 4 heteroatoms. The SMILES string of the molecule is CC(C)NC1CCCN(Cc2cccc(C#N)c2)C1=O. The number of amides is 1. The topological polar surface area (TPSA) is 56.1 Å². The molecule has 20 heavy (non-hydrogen) atoms. The Hall–Kier alpha value is -1.86. The second-order valence-electron chi connectivity index (χ2n) is 5.59. The van der Waals surface area contributed by atoms with Crippen LogP contribution < -0.4 is 5.32 Å². The number of nitrogens with one attached hydrogen (secondary N) is 1. The van der Waals surface area contributed by atoms with Gasteiger partial charge in [-0.3, -0.25) is 4.79 Å². The van der Waals surface area contributed by atoms with Gasteiger partial charge in [0.1, 0.15) is 0 Å². The summed E-state index contributed by atoms with van der Waals surface area (Å²) in [6.45, 7) is 5.50. The lowest BCUT2D eigenvalue weighted by Crippen LogP contribution is -2.51. The summed E-state index contributed by atoms with van der Waals surface area (Å²) in [5, 5.41) is 12.2. The number of nitrogens with zero attached hydrogens (tertiary/aromatic N) is 2. The lowest BCUT2D eigenvalue weighted by atomic mass is 10.0. The normalized spacial score (nSPS) is 19.2. The minimum Gasteiger partial charge on any atom is -0.337 e. The van der Waals surface area contributed by atoms with Gasteiger partial charge in [0.25, 0.3) is 0 Å². The van der Waals surface area contributed by atoms with Gasteiger partial charge in [0.05, 0.1) is 17.7 Å². The number of rotatable bonds is 4. The van der Waals surface area contributed by atoms with Crippen molar-refractivity contribution in [3.63, 3.8) is 0 Å². The van der Waals surface area contributed by atoms with E-state index < -0.39 is 0 Å². The van der Waals surface area contributed by atoms with Crippen molar-refractivity contribution in [1.82, 2.24) is 10.2 Å². The van der Waals surface area contributed by atoms with E-state index in [-0.39, 0.29) is 11.9 Å². The molecule has 4 nitrogen and oxygen atoms in total.